The lowest BCUT2D eigenvalue weighted by atomic mass is 10.3. The van der Waals surface area contributed by atoms with E-state index < -0.39 is 10.0 Å². The Labute approximate surface area is 118 Å². The molecule has 0 amide bonds. The Morgan fingerprint density at radius 1 is 1.35 bits per heavy atom. The highest BCUT2D eigenvalue weighted by molar-refractivity contribution is 7.92. The molecule has 0 spiro atoms. The van der Waals surface area contributed by atoms with Crippen molar-refractivity contribution in [1.29, 1.82) is 0 Å². The van der Waals surface area contributed by atoms with E-state index in [1.54, 1.807) is 31.2 Å². The van der Waals surface area contributed by atoms with Crippen molar-refractivity contribution in [2.45, 2.75) is 25.2 Å². The average Bonchev–Trinajstić information content (AvgIpc) is 2.84. The number of aromatic amines is 1. The summed E-state index contributed by atoms with van der Waals surface area (Å²) in [6.45, 7) is 4.17. The van der Waals surface area contributed by atoms with Crippen LogP contribution < -0.4 is 9.46 Å². The molecule has 2 aromatic rings. The molecule has 0 bridgehead atoms. The largest absolute Gasteiger partial charge is 0.491 e. The quantitative estimate of drug-likeness (QED) is 0.856. The first-order valence-electron chi connectivity index (χ1n) is 6.29. The summed E-state index contributed by atoms with van der Waals surface area (Å²) in [5.74, 6) is 0.513. The van der Waals surface area contributed by atoms with Gasteiger partial charge in [0.2, 0.25) is 0 Å². The summed E-state index contributed by atoms with van der Waals surface area (Å²) in [6, 6.07) is 6.94. The van der Waals surface area contributed by atoms with Gasteiger partial charge in [0.25, 0.3) is 10.0 Å². The zero-order valence-corrected chi connectivity index (χ0v) is 12.2. The third kappa shape index (κ3) is 3.11. The number of rotatable bonds is 6. The summed E-state index contributed by atoms with van der Waals surface area (Å²) in [5.41, 5.74) is 0.908. The molecule has 1 aromatic heterocycles. The van der Waals surface area contributed by atoms with E-state index in [4.69, 9.17) is 4.74 Å². The Balaban J connectivity index is 2.28. The lowest BCUT2D eigenvalue weighted by Crippen LogP contribution is -2.14. The molecule has 2 N–H and O–H groups in total. The van der Waals surface area contributed by atoms with Crippen LogP contribution in [-0.4, -0.2) is 25.2 Å². The topological polar surface area (TPSA) is 84.1 Å². The molecule has 1 aromatic carbocycles. The lowest BCUT2D eigenvalue weighted by molar-refractivity contribution is 0.319. The van der Waals surface area contributed by atoms with Crippen LogP contribution in [0.2, 0.25) is 0 Å². The van der Waals surface area contributed by atoms with Gasteiger partial charge in [-0.25, -0.2) is 8.42 Å². The second-order valence-electron chi connectivity index (χ2n) is 4.31. The van der Waals surface area contributed by atoms with Crippen LogP contribution in [0, 0.1) is 6.92 Å². The fourth-order valence-corrected chi connectivity index (χ4v) is 2.91. The molecule has 1 heterocycles. The summed E-state index contributed by atoms with van der Waals surface area (Å²) in [5, 5.41) is 6.34. The van der Waals surface area contributed by atoms with Crippen molar-refractivity contribution in [3.05, 3.63) is 36.2 Å². The molecule has 0 fully saturated rings. The summed E-state index contributed by atoms with van der Waals surface area (Å²) < 4.78 is 32.6. The fraction of sp³-hybridized carbons (Fsp3) is 0.308. The van der Waals surface area contributed by atoms with Crippen LogP contribution in [0.25, 0.3) is 0 Å². The smallest absolute Gasteiger partial charge is 0.265 e. The molecule has 20 heavy (non-hydrogen) atoms. The maximum atomic E-state index is 12.3. The Morgan fingerprint density at radius 2 is 2.10 bits per heavy atom. The van der Waals surface area contributed by atoms with Gasteiger partial charge in [-0.05, 0) is 25.5 Å². The Bertz CT molecular complexity index is 680. The number of sulfonamides is 1. The highest BCUT2D eigenvalue weighted by atomic mass is 32.2. The first kappa shape index (κ1) is 14.4. The van der Waals surface area contributed by atoms with Crippen molar-refractivity contribution in [3.8, 4) is 5.75 Å². The first-order valence-corrected chi connectivity index (χ1v) is 7.77. The molecule has 0 radical (unpaired) electrons. The second-order valence-corrected chi connectivity index (χ2v) is 5.96. The maximum Gasteiger partial charge on any atom is 0.265 e. The molecule has 0 aliphatic carbocycles. The number of nitrogens with zero attached hydrogens (tertiary/aromatic N) is 1. The molecule has 6 nitrogen and oxygen atoms in total. The minimum absolute atomic E-state index is 0.128. The van der Waals surface area contributed by atoms with E-state index in [1.807, 2.05) is 6.92 Å². The molecule has 0 saturated carbocycles. The molecule has 7 heteroatoms. The fourth-order valence-electron chi connectivity index (χ4n) is 1.70. The highest BCUT2D eigenvalue weighted by Gasteiger charge is 2.20. The highest BCUT2D eigenvalue weighted by Crippen LogP contribution is 2.27. The zero-order valence-electron chi connectivity index (χ0n) is 11.4. The minimum atomic E-state index is -3.67. The van der Waals surface area contributed by atoms with E-state index in [9.17, 15) is 8.42 Å². The maximum absolute atomic E-state index is 12.3. The van der Waals surface area contributed by atoms with Gasteiger partial charge >= 0.3 is 0 Å². The van der Waals surface area contributed by atoms with Crippen molar-refractivity contribution >= 4 is 15.7 Å². The van der Waals surface area contributed by atoms with Gasteiger partial charge in [-0.3, -0.25) is 9.82 Å². The van der Waals surface area contributed by atoms with Crippen LogP contribution in [0.5, 0.6) is 5.75 Å². The standard InChI is InChI=1S/C13H17N3O3S/c1-3-8-19-12-7-5-4-6-11(12)16-20(17,18)13-9-14-15-10(13)2/h4-7,9,16H,3,8H2,1-2H3,(H,14,15). The molecule has 0 atom stereocenters. The van der Waals surface area contributed by atoms with Gasteiger partial charge < -0.3 is 4.74 Å². The van der Waals surface area contributed by atoms with E-state index in [0.717, 1.165) is 6.42 Å². The summed E-state index contributed by atoms with van der Waals surface area (Å²) in [4.78, 5) is 0.128. The summed E-state index contributed by atoms with van der Waals surface area (Å²) in [7, 11) is -3.67. The second kappa shape index (κ2) is 5.96. The molecule has 108 valence electrons. The summed E-state index contributed by atoms with van der Waals surface area (Å²) in [6.07, 6.45) is 2.13. The Kier molecular flexibility index (Phi) is 4.29. The third-order valence-electron chi connectivity index (χ3n) is 2.67. The molecule has 2 rings (SSSR count). The zero-order chi connectivity index (χ0) is 14.6. The monoisotopic (exact) mass is 295 g/mol. The van der Waals surface area contributed by atoms with Gasteiger partial charge in [-0.1, -0.05) is 19.1 Å². The Hall–Kier alpha value is -2.02. The van der Waals surface area contributed by atoms with Gasteiger partial charge in [0.05, 0.1) is 24.2 Å². The van der Waals surface area contributed by atoms with E-state index in [0.29, 0.717) is 23.7 Å². The number of para-hydroxylation sites is 2. The van der Waals surface area contributed by atoms with Gasteiger partial charge in [-0.15, -0.1) is 0 Å². The average molecular weight is 295 g/mol. The molecular formula is C13H17N3O3S. The number of benzene rings is 1. The number of ether oxygens (including phenoxy) is 1. The van der Waals surface area contributed by atoms with Crippen molar-refractivity contribution in [2.75, 3.05) is 11.3 Å². The first-order chi connectivity index (χ1) is 9.54. The minimum Gasteiger partial charge on any atom is -0.491 e. The number of aryl methyl sites for hydroxylation is 1. The van der Waals surface area contributed by atoms with Crippen molar-refractivity contribution in [2.24, 2.45) is 0 Å². The van der Waals surface area contributed by atoms with E-state index in [1.165, 1.54) is 6.20 Å². The van der Waals surface area contributed by atoms with Crippen molar-refractivity contribution in [1.82, 2.24) is 10.2 Å². The molecule has 0 aliphatic heterocycles. The SMILES string of the molecule is CCCOc1ccccc1NS(=O)(=O)c1cn[nH]c1C. The van der Waals surface area contributed by atoms with Crippen LogP contribution in [0.3, 0.4) is 0 Å². The van der Waals surface area contributed by atoms with Gasteiger partial charge in [0, 0.05) is 0 Å². The normalized spacial score (nSPS) is 11.3. The summed E-state index contributed by atoms with van der Waals surface area (Å²) >= 11 is 0. The van der Waals surface area contributed by atoms with Crippen molar-refractivity contribution < 1.29 is 13.2 Å². The predicted molar refractivity (Wildman–Crippen MR) is 76.4 cm³/mol. The predicted octanol–water partition coefficient (Wildman–Crippen LogP) is 2.31. The number of nitrogens with one attached hydrogen (secondary N) is 2. The number of aromatic nitrogens is 2. The van der Waals surface area contributed by atoms with Crippen LogP contribution in [-0.2, 0) is 10.0 Å². The molecular weight excluding hydrogens is 278 g/mol. The number of hydrogen-bond donors (Lipinski definition) is 2. The molecule has 0 unspecified atom stereocenters. The van der Waals surface area contributed by atoms with E-state index >= 15 is 0 Å². The van der Waals surface area contributed by atoms with Crippen LogP contribution in [0.15, 0.2) is 35.4 Å². The van der Waals surface area contributed by atoms with E-state index in [-0.39, 0.29) is 4.90 Å². The van der Waals surface area contributed by atoms with Crippen LogP contribution in [0.4, 0.5) is 5.69 Å². The third-order valence-corrected chi connectivity index (χ3v) is 4.15. The van der Waals surface area contributed by atoms with Gasteiger partial charge in [0.1, 0.15) is 10.6 Å². The Morgan fingerprint density at radius 3 is 2.75 bits per heavy atom. The van der Waals surface area contributed by atoms with Crippen LogP contribution in [0.1, 0.15) is 19.0 Å². The van der Waals surface area contributed by atoms with Crippen molar-refractivity contribution in [3.63, 3.8) is 0 Å². The molecule has 0 saturated heterocycles. The van der Waals surface area contributed by atoms with E-state index in [2.05, 4.69) is 14.9 Å². The number of hydrogen-bond acceptors (Lipinski definition) is 4. The molecule has 0 aliphatic rings. The number of anilines is 1. The lowest BCUT2D eigenvalue weighted by Gasteiger charge is -2.12. The van der Waals surface area contributed by atoms with Crippen LogP contribution >= 0.6 is 0 Å². The van der Waals surface area contributed by atoms with Gasteiger partial charge in [0.15, 0.2) is 0 Å². The van der Waals surface area contributed by atoms with Gasteiger partial charge in [-0.2, -0.15) is 5.10 Å². The number of H-pyrrole nitrogens is 1.